The average molecular weight is 242 g/mol. The molecule has 0 aromatic heterocycles. The molecule has 3 rings (SSSR count). The highest BCUT2D eigenvalue weighted by Crippen LogP contribution is 2.51. The van der Waals surface area contributed by atoms with Gasteiger partial charge in [-0.3, -0.25) is 4.79 Å². The molecule has 2 aliphatic rings. The van der Waals surface area contributed by atoms with E-state index in [1.54, 1.807) is 0 Å². The predicted molar refractivity (Wildman–Crippen MR) is 73.5 cm³/mol. The van der Waals surface area contributed by atoms with Crippen molar-refractivity contribution in [2.75, 3.05) is 0 Å². The van der Waals surface area contributed by atoms with Crippen LogP contribution < -0.4 is 0 Å². The smallest absolute Gasteiger partial charge is 0.137 e. The lowest BCUT2D eigenvalue weighted by Gasteiger charge is -2.33. The Balaban J connectivity index is 1.99. The molecule has 0 heterocycles. The van der Waals surface area contributed by atoms with Gasteiger partial charge in [0.2, 0.25) is 0 Å². The largest absolute Gasteiger partial charge is 0.299 e. The van der Waals surface area contributed by atoms with Gasteiger partial charge >= 0.3 is 0 Å². The molecule has 0 radical (unpaired) electrons. The number of carbonyl (C=O) groups is 1. The molecule has 0 saturated heterocycles. The van der Waals surface area contributed by atoms with Crippen molar-refractivity contribution in [3.63, 3.8) is 0 Å². The second-order valence-corrected chi connectivity index (χ2v) is 6.28. The van der Waals surface area contributed by atoms with Crippen LogP contribution in [-0.2, 0) is 10.2 Å². The number of fused-ring (bicyclic) bond motifs is 1. The third-order valence-electron chi connectivity index (χ3n) is 5.22. The van der Waals surface area contributed by atoms with Crippen LogP contribution in [0, 0.1) is 11.8 Å². The Kier molecular flexibility index (Phi) is 3.01. The molecule has 1 heteroatoms. The van der Waals surface area contributed by atoms with Gasteiger partial charge in [-0.2, -0.15) is 0 Å². The molecule has 0 unspecified atom stereocenters. The van der Waals surface area contributed by atoms with Crippen LogP contribution in [0.4, 0.5) is 0 Å². The van der Waals surface area contributed by atoms with E-state index < -0.39 is 0 Å². The zero-order valence-corrected chi connectivity index (χ0v) is 11.2. The monoisotopic (exact) mass is 242 g/mol. The summed E-state index contributed by atoms with van der Waals surface area (Å²) in [6.07, 6.45) is 6.99. The van der Waals surface area contributed by atoms with E-state index in [0.29, 0.717) is 17.6 Å². The van der Waals surface area contributed by atoms with Crippen molar-refractivity contribution in [3.8, 4) is 0 Å². The molecule has 2 saturated carbocycles. The molecule has 1 aromatic carbocycles. The molecule has 1 aromatic rings. The molecule has 0 amide bonds. The van der Waals surface area contributed by atoms with Gasteiger partial charge in [-0.15, -0.1) is 0 Å². The summed E-state index contributed by atoms with van der Waals surface area (Å²) in [6, 6.07) is 10.7. The van der Waals surface area contributed by atoms with E-state index in [0.717, 1.165) is 12.8 Å². The molecule has 0 bridgehead atoms. The van der Waals surface area contributed by atoms with Crippen molar-refractivity contribution in [3.05, 3.63) is 35.9 Å². The maximum atomic E-state index is 12.4. The van der Waals surface area contributed by atoms with Crippen LogP contribution in [0.25, 0.3) is 0 Å². The van der Waals surface area contributed by atoms with E-state index in [9.17, 15) is 4.79 Å². The summed E-state index contributed by atoms with van der Waals surface area (Å²) in [7, 11) is 0. The van der Waals surface area contributed by atoms with Crippen LogP contribution in [0.15, 0.2) is 30.3 Å². The SMILES string of the molecule is C[C@]1(c2ccccc2)CC(=O)[C@H]2CCCCC[C@@H]21. The van der Waals surface area contributed by atoms with Gasteiger partial charge in [-0.25, -0.2) is 0 Å². The highest BCUT2D eigenvalue weighted by molar-refractivity contribution is 5.86. The summed E-state index contributed by atoms with van der Waals surface area (Å²) in [5, 5.41) is 0. The van der Waals surface area contributed by atoms with Gasteiger partial charge in [0, 0.05) is 17.8 Å². The second kappa shape index (κ2) is 4.53. The Morgan fingerprint density at radius 1 is 1.06 bits per heavy atom. The fraction of sp³-hybridized carbons (Fsp3) is 0.588. The van der Waals surface area contributed by atoms with Gasteiger partial charge in [0.25, 0.3) is 0 Å². The topological polar surface area (TPSA) is 17.1 Å². The highest BCUT2D eigenvalue weighted by atomic mass is 16.1. The van der Waals surface area contributed by atoms with Crippen molar-refractivity contribution in [1.82, 2.24) is 0 Å². The van der Waals surface area contributed by atoms with E-state index in [1.807, 2.05) is 0 Å². The Hall–Kier alpha value is -1.11. The quantitative estimate of drug-likeness (QED) is 0.724. The number of hydrogen-bond acceptors (Lipinski definition) is 1. The van der Waals surface area contributed by atoms with Gasteiger partial charge in [0.05, 0.1) is 0 Å². The standard InChI is InChI=1S/C17H22O/c1-17(13-8-4-2-5-9-13)12-16(18)14-10-6-3-7-11-15(14)17/h2,4-5,8-9,14-15H,3,6-7,10-12H2,1H3/t14-,15-,17+/m0/s1. The van der Waals surface area contributed by atoms with Crippen LogP contribution in [0.5, 0.6) is 0 Å². The van der Waals surface area contributed by atoms with Crippen LogP contribution in [0.3, 0.4) is 0 Å². The lowest BCUT2D eigenvalue weighted by molar-refractivity contribution is -0.121. The minimum atomic E-state index is 0.0906. The second-order valence-electron chi connectivity index (χ2n) is 6.28. The minimum Gasteiger partial charge on any atom is -0.299 e. The lowest BCUT2D eigenvalue weighted by Crippen LogP contribution is -2.29. The number of rotatable bonds is 1. The zero-order chi connectivity index (χ0) is 12.6. The van der Waals surface area contributed by atoms with Gasteiger partial charge in [-0.1, -0.05) is 56.5 Å². The molecule has 0 aliphatic heterocycles. The summed E-state index contributed by atoms with van der Waals surface area (Å²) in [4.78, 5) is 12.4. The van der Waals surface area contributed by atoms with Crippen LogP contribution in [-0.4, -0.2) is 5.78 Å². The number of Topliss-reactive ketones (excluding diaryl/α,β-unsaturated/α-hetero) is 1. The molecule has 18 heavy (non-hydrogen) atoms. The first-order valence-corrected chi connectivity index (χ1v) is 7.30. The Morgan fingerprint density at radius 3 is 2.56 bits per heavy atom. The maximum absolute atomic E-state index is 12.4. The van der Waals surface area contributed by atoms with Crippen molar-refractivity contribution < 1.29 is 4.79 Å². The summed E-state index contributed by atoms with van der Waals surface area (Å²) in [5.74, 6) is 1.45. The molecule has 96 valence electrons. The van der Waals surface area contributed by atoms with Gasteiger partial charge in [-0.05, 0) is 24.3 Å². The van der Waals surface area contributed by atoms with Crippen molar-refractivity contribution in [1.29, 1.82) is 0 Å². The third-order valence-corrected chi connectivity index (χ3v) is 5.22. The van der Waals surface area contributed by atoms with Gasteiger partial charge in [0.1, 0.15) is 5.78 Å². The first-order chi connectivity index (χ1) is 8.72. The average Bonchev–Trinajstić information content (AvgIpc) is 2.60. The minimum absolute atomic E-state index is 0.0906. The summed E-state index contributed by atoms with van der Waals surface area (Å²) in [5.41, 5.74) is 1.46. The van der Waals surface area contributed by atoms with E-state index in [2.05, 4.69) is 37.3 Å². The lowest BCUT2D eigenvalue weighted by atomic mass is 9.70. The molecule has 2 fully saturated rings. The van der Waals surface area contributed by atoms with E-state index >= 15 is 0 Å². The van der Waals surface area contributed by atoms with Gasteiger partial charge < -0.3 is 0 Å². The summed E-state index contributed by atoms with van der Waals surface area (Å²) >= 11 is 0. The first kappa shape index (κ1) is 12.0. The summed E-state index contributed by atoms with van der Waals surface area (Å²) < 4.78 is 0. The molecular formula is C17H22O. The van der Waals surface area contributed by atoms with E-state index in [-0.39, 0.29) is 5.41 Å². The molecule has 2 aliphatic carbocycles. The fourth-order valence-electron chi connectivity index (χ4n) is 4.21. The van der Waals surface area contributed by atoms with E-state index in [1.165, 1.54) is 31.2 Å². The number of ketones is 1. The van der Waals surface area contributed by atoms with Crippen LogP contribution >= 0.6 is 0 Å². The van der Waals surface area contributed by atoms with Crippen LogP contribution in [0.2, 0.25) is 0 Å². The molecule has 0 N–H and O–H groups in total. The Morgan fingerprint density at radius 2 is 1.78 bits per heavy atom. The van der Waals surface area contributed by atoms with E-state index in [4.69, 9.17) is 0 Å². The number of carbonyl (C=O) groups excluding carboxylic acids is 1. The van der Waals surface area contributed by atoms with Crippen LogP contribution in [0.1, 0.15) is 51.0 Å². The number of hydrogen-bond donors (Lipinski definition) is 0. The highest BCUT2D eigenvalue weighted by Gasteiger charge is 2.50. The summed E-state index contributed by atoms with van der Waals surface area (Å²) in [6.45, 7) is 2.32. The van der Waals surface area contributed by atoms with Crippen molar-refractivity contribution in [2.24, 2.45) is 11.8 Å². The first-order valence-electron chi connectivity index (χ1n) is 7.30. The normalized spacial score (nSPS) is 36.2. The Labute approximate surface area is 110 Å². The third kappa shape index (κ3) is 1.81. The van der Waals surface area contributed by atoms with Crippen molar-refractivity contribution in [2.45, 2.75) is 50.9 Å². The Bertz CT molecular complexity index is 436. The molecule has 3 atom stereocenters. The molecular weight excluding hydrogens is 220 g/mol. The zero-order valence-electron chi connectivity index (χ0n) is 11.2. The van der Waals surface area contributed by atoms with Crippen molar-refractivity contribution >= 4 is 5.78 Å². The molecule has 1 nitrogen and oxygen atoms in total. The molecule has 0 spiro atoms. The number of benzene rings is 1. The van der Waals surface area contributed by atoms with Gasteiger partial charge in [0.15, 0.2) is 0 Å². The fourth-order valence-corrected chi connectivity index (χ4v) is 4.21. The predicted octanol–water partition coefficient (Wildman–Crippen LogP) is 4.11. The maximum Gasteiger partial charge on any atom is 0.137 e.